The van der Waals surface area contributed by atoms with Crippen LogP contribution in [0.1, 0.15) is 51.6 Å². The third-order valence-corrected chi connectivity index (χ3v) is 4.05. The van der Waals surface area contributed by atoms with Gasteiger partial charge >= 0.3 is 0 Å². The summed E-state index contributed by atoms with van der Waals surface area (Å²) in [4.78, 5) is 2.33. The molecule has 0 saturated carbocycles. The van der Waals surface area contributed by atoms with Crippen molar-refractivity contribution in [2.24, 2.45) is 5.92 Å². The number of rotatable bonds is 9. The minimum Gasteiger partial charge on any atom is -0.308 e. The summed E-state index contributed by atoms with van der Waals surface area (Å²) < 4.78 is 0. The predicted octanol–water partition coefficient (Wildman–Crippen LogP) is 4.09. The monoisotopic (exact) mass is 276 g/mol. The average molecular weight is 276 g/mol. The molecule has 2 heteroatoms. The number of benzene rings is 1. The van der Waals surface area contributed by atoms with E-state index in [1.165, 1.54) is 24.8 Å². The minimum atomic E-state index is 0.484. The van der Waals surface area contributed by atoms with E-state index < -0.39 is 0 Å². The molecule has 0 aliphatic rings. The summed E-state index contributed by atoms with van der Waals surface area (Å²) in [5.41, 5.74) is 1.42. The van der Waals surface area contributed by atoms with Crippen LogP contribution in [0.4, 0.5) is 0 Å². The lowest BCUT2D eigenvalue weighted by atomic mass is 9.99. The maximum absolute atomic E-state index is 3.79. The van der Waals surface area contributed by atoms with E-state index in [-0.39, 0.29) is 0 Å². The lowest BCUT2D eigenvalue weighted by Crippen LogP contribution is -2.42. The van der Waals surface area contributed by atoms with Gasteiger partial charge in [-0.1, -0.05) is 63.9 Å². The van der Waals surface area contributed by atoms with Crippen LogP contribution in [0.15, 0.2) is 30.3 Å². The van der Waals surface area contributed by atoms with Crippen LogP contribution in [0.5, 0.6) is 0 Å². The van der Waals surface area contributed by atoms with Crippen LogP contribution >= 0.6 is 0 Å². The molecular formula is C18H32N2. The van der Waals surface area contributed by atoms with Crippen molar-refractivity contribution in [2.75, 3.05) is 20.6 Å². The molecule has 0 heterocycles. The van der Waals surface area contributed by atoms with Gasteiger partial charge in [-0.25, -0.2) is 0 Å². The van der Waals surface area contributed by atoms with Gasteiger partial charge in [0.2, 0.25) is 0 Å². The first-order valence-electron chi connectivity index (χ1n) is 8.01. The molecule has 20 heavy (non-hydrogen) atoms. The molecule has 1 N–H and O–H groups in total. The Bertz CT molecular complexity index is 338. The maximum Gasteiger partial charge on any atom is 0.0320 e. The molecule has 0 bridgehead atoms. The number of nitrogens with one attached hydrogen (secondary N) is 1. The molecule has 0 spiro atoms. The number of unbranched alkanes of at least 4 members (excludes halogenated alkanes) is 1. The lowest BCUT2D eigenvalue weighted by molar-refractivity contribution is 0.217. The van der Waals surface area contributed by atoms with Crippen molar-refractivity contribution in [2.45, 2.75) is 52.1 Å². The van der Waals surface area contributed by atoms with Gasteiger partial charge in [0, 0.05) is 18.6 Å². The molecule has 1 rings (SSSR count). The predicted molar refractivity (Wildman–Crippen MR) is 89.0 cm³/mol. The van der Waals surface area contributed by atoms with Gasteiger partial charge in [-0.3, -0.25) is 0 Å². The van der Waals surface area contributed by atoms with Crippen LogP contribution in [-0.2, 0) is 0 Å². The van der Waals surface area contributed by atoms with Gasteiger partial charge in [0.25, 0.3) is 0 Å². The fourth-order valence-electron chi connectivity index (χ4n) is 2.76. The van der Waals surface area contributed by atoms with Crippen LogP contribution in [0.3, 0.4) is 0 Å². The molecule has 1 aromatic rings. The van der Waals surface area contributed by atoms with Crippen LogP contribution in [0.25, 0.3) is 0 Å². The number of likely N-dealkylation sites (N-methyl/N-ethyl adjacent to an activating group) is 1. The zero-order valence-corrected chi connectivity index (χ0v) is 13.9. The summed E-state index contributed by atoms with van der Waals surface area (Å²) in [5, 5.41) is 3.79. The Hall–Kier alpha value is -0.860. The van der Waals surface area contributed by atoms with E-state index in [0.29, 0.717) is 18.0 Å². The van der Waals surface area contributed by atoms with Gasteiger partial charge in [-0.15, -0.1) is 0 Å². The third kappa shape index (κ3) is 5.64. The quantitative estimate of drug-likeness (QED) is 0.730. The second kappa shape index (κ2) is 9.15. The van der Waals surface area contributed by atoms with E-state index in [4.69, 9.17) is 0 Å². The summed E-state index contributed by atoms with van der Waals surface area (Å²) in [7, 11) is 4.35. The van der Waals surface area contributed by atoms with Crippen molar-refractivity contribution < 1.29 is 0 Å². The summed E-state index contributed by atoms with van der Waals surface area (Å²) in [6.07, 6.45) is 3.76. The van der Waals surface area contributed by atoms with Crippen molar-refractivity contribution in [3.63, 3.8) is 0 Å². The van der Waals surface area contributed by atoms with Gasteiger partial charge in [-0.2, -0.15) is 0 Å². The highest BCUT2D eigenvalue weighted by atomic mass is 15.1. The first-order chi connectivity index (χ1) is 9.56. The van der Waals surface area contributed by atoms with Crippen molar-refractivity contribution in [3.8, 4) is 0 Å². The average Bonchev–Trinajstić information content (AvgIpc) is 2.42. The zero-order valence-electron chi connectivity index (χ0n) is 13.9. The fraction of sp³-hybridized carbons (Fsp3) is 0.667. The van der Waals surface area contributed by atoms with Gasteiger partial charge in [0.1, 0.15) is 0 Å². The molecular weight excluding hydrogens is 244 g/mol. The Kier molecular flexibility index (Phi) is 7.86. The van der Waals surface area contributed by atoms with Crippen molar-refractivity contribution in [3.05, 3.63) is 35.9 Å². The van der Waals surface area contributed by atoms with E-state index in [1.807, 2.05) is 0 Å². The smallest absolute Gasteiger partial charge is 0.0320 e. The summed E-state index contributed by atoms with van der Waals surface area (Å²) in [5.74, 6) is 0.667. The number of hydrogen-bond acceptors (Lipinski definition) is 2. The van der Waals surface area contributed by atoms with Gasteiger partial charge in [0.15, 0.2) is 0 Å². The fourth-order valence-corrected chi connectivity index (χ4v) is 2.76. The highest BCUT2D eigenvalue weighted by Crippen LogP contribution is 2.20. The largest absolute Gasteiger partial charge is 0.308 e. The van der Waals surface area contributed by atoms with Gasteiger partial charge in [-0.05, 0) is 32.0 Å². The summed E-state index contributed by atoms with van der Waals surface area (Å²) >= 11 is 0. The molecule has 0 fully saturated rings. The molecule has 0 saturated heterocycles. The Morgan fingerprint density at radius 1 is 1.10 bits per heavy atom. The molecule has 0 amide bonds. The highest BCUT2D eigenvalue weighted by Gasteiger charge is 2.18. The standard InChI is InChI=1S/C18H32N2/c1-6-7-13-17(16-11-9-8-10-12-16)19-14-18(15(2)3)20(4)5/h8-12,15,17-19H,6-7,13-14H2,1-5H3. The van der Waals surface area contributed by atoms with Crippen LogP contribution in [0, 0.1) is 5.92 Å². The molecule has 0 aliphatic carbocycles. The molecule has 2 unspecified atom stereocenters. The van der Waals surface area contributed by atoms with Gasteiger partial charge < -0.3 is 10.2 Å². The third-order valence-electron chi connectivity index (χ3n) is 4.05. The van der Waals surface area contributed by atoms with Crippen LogP contribution < -0.4 is 5.32 Å². The van der Waals surface area contributed by atoms with E-state index in [2.05, 4.69) is 75.4 Å². The zero-order chi connectivity index (χ0) is 15.0. The van der Waals surface area contributed by atoms with Gasteiger partial charge in [0.05, 0.1) is 0 Å². The molecule has 2 nitrogen and oxygen atoms in total. The second-order valence-corrected chi connectivity index (χ2v) is 6.29. The second-order valence-electron chi connectivity index (χ2n) is 6.29. The van der Waals surface area contributed by atoms with E-state index in [9.17, 15) is 0 Å². The molecule has 114 valence electrons. The Morgan fingerprint density at radius 2 is 1.75 bits per heavy atom. The molecule has 0 radical (unpaired) electrons. The maximum atomic E-state index is 3.79. The van der Waals surface area contributed by atoms with E-state index >= 15 is 0 Å². The van der Waals surface area contributed by atoms with E-state index in [1.54, 1.807) is 0 Å². The molecule has 2 atom stereocenters. The normalized spacial score (nSPS) is 14.8. The Morgan fingerprint density at radius 3 is 2.25 bits per heavy atom. The number of nitrogens with zero attached hydrogens (tertiary/aromatic N) is 1. The van der Waals surface area contributed by atoms with Crippen molar-refractivity contribution in [1.29, 1.82) is 0 Å². The summed E-state index contributed by atoms with van der Waals surface area (Å²) in [6.45, 7) is 7.92. The summed E-state index contributed by atoms with van der Waals surface area (Å²) in [6, 6.07) is 11.9. The first kappa shape index (κ1) is 17.2. The highest BCUT2D eigenvalue weighted by molar-refractivity contribution is 5.18. The van der Waals surface area contributed by atoms with Crippen LogP contribution in [-0.4, -0.2) is 31.6 Å². The SMILES string of the molecule is CCCCC(NCC(C(C)C)N(C)C)c1ccccc1. The molecule has 0 aromatic heterocycles. The topological polar surface area (TPSA) is 15.3 Å². The number of hydrogen-bond donors (Lipinski definition) is 1. The van der Waals surface area contributed by atoms with Crippen LogP contribution in [0.2, 0.25) is 0 Å². The Balaban J connectivity index is 2.65. The first-order valence-corrected chi connectivity index (χ1v) is 8.01. The van der Waals surface area contributed by atoms with E-state index in [0.717, 1.165) is 6.54 Å². The molecule has 0 aliphatic heterocycles. The van der Waals surface area contributed by atoms with Crippen molar-refractivity contribution >= 4 is 0 Å². The van der Waals surface area contributed by atoms with Crippen molar-refractivity contribution in [1.82, 2.24) is 10.2 Å². The minimum absolute atomic E-state index is 0.484. The Labute approximate surface area is 125 Å². The lowest BCUT2D eigenvalue weighted by Gasteiger charge is -2.30. The molecule has 1 aromatic carbocycles.